The molecule has 1 aromatic carbocycles. The smallest absolute Gasteiger partial charge is 0.275 e. The molecule has 0 bridgehead atoms. The van der Waals surface area contributed by atoms with Crippen LogP contribution in [0.2, 0.25) is 0 Å². The Balaban J connectivity index is 2.56. The molecule has 0 radical (unpaired) electrons. The van der Waals surface area contributed by atoms with Gasteiger partial charge in [0.1, 0.15) is 5.82 Å². The largest absolute Gasteiger partial charge is 0.326 e. The molecule has 2 aromatic rings. The van der Waals surface area contributed by atoms with Crippen molar-refractivity contribution in [2.24, 2.45) is 5.73 Å². The van der Waals surface area contributed by atoms with Crippen molar-refractivity contribution >= 4 is 0 Å². The standard InChI is InChI=1S/C12H14FN3O/c1-2-11-10(7-14)12(17)16(15-11)9-5-3-8(13)4-6-9/h3-6,15H,2,7,14H2,1H3. The van der Waals surface area contributed by atoms with Crippen LogP contribution >= 0.6 is 0 Å². The van der Waals surface area contributed by atoms with Crippen LogP contribution in [0.1, 0.15) is 18.2 Å². The second-order valence-corrected chi connectivity index (χ2v) is 3.74. The quantitative estimate of drug-likeness (QED) is 0.842. The Morgan fingerprint density at radius 2 is 2.00 bits per heavy atom. The summed E-state index contributed by atoms with van der Waals surface area (Å²) >= 11 is 0. The van der Waals surface area contributed by atoms with Crippen LogP contribution in [0.3, 0.4) is 0 Å². The highest BCUT2D eigenvalue weighted by molar-refractivity contribution is 5.33. The number of aryl methyl sites for hydroxylation is 1. The fraction of sp³-hybridized carbons (Fsp3) is 0.250. The number of nitrogens with zero attached hydrogens (tertiary/aromatic N) is 1. The van der Waals surface area contributed by atoms with E-state index in [1.165, 1.54) is 16.8 Å². The van der Waals surface area contributed by atoms with Crippen LogP contribution in [0.5, 0.6) is 0 Å². The van der Waals surface area contributed by atoms with Crippen molar-refractivity contribution in [3.05, 3.63) is 51.7 Å². The zero-order valence-corrected chi connectivity index (χ0v) is 9.53. The average Bonchev–Trinajstić information content (AvgIpc) is 2.66. The SMILES string of the molecule is CCc1[nH]n(-c2ccc(F)cc2)c(=O)c1CN. The Morgan fingerprint density at radius 1 is 1.35 bits per heavy atom. The Morgan fingerprint density at radius 3 is 2.47 bits per heavy atom. The molecule has 3 N–H and O–H groups in total. The van der Waals surface area contributed by atoms with Gasteiger partial charge in [0.05, 0.1) is 11.3 Å². The van der Waals surface area contributed by atoms with E-state index in [1.807, 2.05) is 6.92 Å². The maximum atomic E-state index is 12.8. The van der Waals surface area contributed by atoms with Gasteiger partial charge in [-0.15, -0.1) is 0 Å². The topological polar surface area (TPSA) is 63.8 Å². The lowest BCUT2D eigenvalue weighted by Crippen LogP contribution is -2.19. The van der Waals surface area contributed by atoms with Crippen LogP contribution in [-0.2, 0) is 13.0 Å². The van der Waals surface area contributed by atoms with E-state index in [0.29, 0.717) is 17.7 Å². The van der Waals surface area contributed by atoms with Crippen molar-refractivity contribution in [1.29, 1.82) is 0 Å². The van der Waals surface area contributed by atoms with E-state index in [1.54, 1.807) is 12.1 Å². The number of benzene rings is 1. The van der Waals surface area contributed by atoms with Crippen LogP contribution < -0.4 is 11.3 Å². The summed E-state index contributed by atoms with van der Waals surface area (Å²) in [6, 6.07) is 5.73. The van der Waals surface area contributed by atoms with E-state index in [0.717, 1.165) is 5.69 Å². The third kappa shape index (κ3) is 2.01. The Bertz CT molecular complexity index is 568. The molecule has 90 valence electrons. The van der Waals surface area contributed by atoms with Gasteiger partial charge in [-0.25, -0.2) is 9.07 Å². The average molecular weight is 235 g/mol. The van der Waals surface area contributed by atoms with Gasteiger partial charge in [-0.05, 0) is 30.7 Å². The minimum Gasteiger partial charge on any atom is -0.326 e. The molecule has 0 amide bonds. The molecule has 0 fully saturated rings. The first-order valence-corrected chi connectivity index (χ1v) is 5.46. The second kappa shape index (κ2) is 4.55. The van der Waals surface area contributed by atoms with Gasteiger partial charge < -0.3 is 5.73 Å². The molecule has 0 saturated heterocycles. The monoisotopic (exact) mass is 235 g/mol. The van der Waals surface area contributed by atoms with Crippen molar-refractivity contribution in [1.82, 2.24) is 9.78 Å². The highest BCUT2D eigenvalue weighted by atomic mass is 19.1. The number of hydrogen-bond acceptors (Lipinski definition) is 2. The first-order chi connectivity index (χ1) is 8.17. The summed E-state index contributed by atoms with van der Waals surface area (Å²) < 4.78 is 14.2. The van der Waals surface area contributed by atoms with E-state index in [-0.39, 0.29) is 17.9 Å². The van der Waals surface area contributed by atoms with E-state index in [4.69, 9.17) is 5.73 Å². The number of halogens is 1. The summed E-state index contributed by atoms with van der Waals surface area (Å²) in [5.74, 6) is -0.330. The molecule has 4 nitrogen and oxygen atoms in total. The third-order valence-corrected chi connectivity index (χ3v) is 2.71. The van der Waals surface area contributed by atoms with E-state index in [2.05, 4.69) is 5.10 Å². The zero-order chi connectivity index (χ0) is 12.4. The molecule has 1 heterocycles. The molecule has 0 unspecified atom stereocenters. The molecular formula is C12H14FN3O. The molecule has 0 aliphatic carbocycles. The first kappa shape index (κ1) is 11.6. The predicted molar refractivity (Wildman–Crippen MR) is 63.6 cm³/mol. The Hall–Kier alpha value is -1.88. The van der Waals surface area contributed by atoms with Crippen molar-refractivity contribution in [2.75, 3.05) is 0 Å². The lowest BCUT2D eigenvalue weighted by atomic mass is 10.2. The number of H-pyrrole nitrogens is 1. The van der Waals surface area contributed by atoms with Gasteiger partial charge in [-0.2, -0.15) is 0 Å². The molecule has 5 heteroatoms. The number of hydrogen-bond donors (Lipinski definition) is 2. The highest BCUT2D eigenvalue weighted by Gasteiger charge is 2.12. The maximum Gasteiger partial charge on any atom is 0.275 e. The van der Waals surface area contributed by atoms with Crippen LogP contribution in [0.25, 0.3) is 5.69 Å². The van der Waals surface area contributed by atoms with Crippen molar-refractivity contribution in [3.63, 3.8) is 0 Å². The van der Waals surface area contributed by atoms with Gasteiger partial charge in [-0.1, -0.05) is 6.92 Å². The van der Waals surface area contributed by atoms with Crippen LogP contribution in [-0.4, -0.2) is 9.78 Å². The highest BCUT2D eigenvalue weighted by Crippen LogP contribution is 2.09. The van der Waals surface area contributed by atoms with E-state index >= 15 is 0 Å². The molecule has 0 atom stereocenters. The molecule has 0 aliphatic rings. The fourth-order valence-corrected chi connectivity index (χ4v) is 1.79. The van der Waals surface area contributed by atoms with Gasteiger partial charge in [0.15, 0.2) is 0 Å². The van der Waals surface area contributed by atoms with Crippen LogP contribution in [0, 0.1) is 5.82 Å². The molecule has 1 aromatic heterocycles. The van der Waals surface area contributed by atoms with Gasteiger partial charge in [0, 0.05) is 12.2 Å². The molecular weight excluding hydrogens is 221 g/mol. The van der Waals surface area contributed by atoms with Gasteiger partial charge in [0.25, 0.3) is 5.56 Å². The number of nitrogens with one attached hydrogen (secondary N) is 1. The Labute approximate surface area is 97.9 Å². The van der Waals surface area contributed by atoms with Gasteiger partial charge in [-0.3, -0.25) is 9.89 Å². The normalized spacial score (nSPS) is 10.8. The number of aromatic nitrogens is 2. The maximum absolute atomic E-state index is 12.8. The van der Waals surface area contributed by atoms with E-state index in [9.17, 15) is 9.18 Å². The minimum absolute atomic E-state index is 0.170. The zero-order valence-electron chi connectivity index (χ0n) is 9.53. The summed E-state index contributed by atoms with van der Waals surface area (Å²) in [6.45, 7) is 2.14. The van der Waals surface area contributed by atoms with Gasteiger partial charge >= 0.3 is 0 Å². The lowest BCUT2D eigenvalue weighted by Gasteiger charge is -2.00. The summed E-state index contributed by atoms with van der Waals surface area (Å²) in [4.78, 5) is 12.0. The molecule has 0 saturated carbocycles. The predicted octanol–water partition coefficient (Wildman–Crippen LogP) is 1.33. The molecule has 2 rings (SSSR count). The number of nitrogens with two attached hydrogens (primary N) is 1. The fourth-order valence-electron chi connectivity index (χ4n) is 1.79. The number of aromatic amines is 1. The van der Waals surface area contributed by atoms with Crippen LogP contribution in [0.15, 0.2) is 29.1 Å². The van der Waals surface area contributed by atoms with Gasteiger partial charge in [0.2, 0.25) is 0 Å². The van der Waals surface area contributed by atoms with Crippen molar-refractivity contribution in [2.45, 2.75) is 19.9 Å². The second-order valence-electron chi connectivity index (χ2n) is 3.74. The first-order valence-electron chi connectivity index (χ1n) is 5.46. The Kier molecular flexibility index (Phi) is 3.10. The molecule has 0 aliphatic heterocycles. The minimum atomic E-state index is -0.330. The number of rotatable bonds is 3. The summed E-state index contributed by atoms with van der Waals surface area (Å²) in [6.07, 6.45) is 0.704. The van der Waals surface area contributed by atoms with E-state index < -0.39 is 0 Å². The van der Waals surface area contributed by atoms with Crippen molar-refractivity contribution < 1.29 is 4.39 Å². The van der Waals surface area contributed by atoms with Crippen LogP contribution in [0.4, 0.5) is 4.39 Å². The lowest BCUT2D eigenvalue weighted by molar-refractivity contribution is 0.626. The third-order valence-electron chi connectivity index (χ3n) is 2.71. The van der Waals surface area contributed by atoms with Crippen molar-refractivity contribution in [3.8, 4) is 5.69 Å². The summed E-state index contributed by atoms with van der Waals surface area (Å²) in [5.41, 5.74) is 7.38. The molecule has 17 heavy (non-hydrogen) atoms. The summed E-state index contributed by atoms with van der Waals surface area (Å²) in [7, 11) is 0. The molecule has 0 spiro atoms. The summed E-state index contributed by atoms with van der Waals surface area (Å²) in [5, 5.41) is 2.99.